The van der Waals surface area contributed by atoms with E-state index >= 15 is 0 Å². The van der Waals surface area contributed by atoms with Crippen LogP contribution in [-0.2, 0) is 19.2 Å². The van der Waals surface area contributed by atoms with Crippen molar-refractivity contribution in [3.8, 4) is 0 Å². The Kier molecular flexibility index (Phi) is 8.76. The molecule has 0 rings (SSSR count). The fourth-order valence-corrected chi connectivity index (χ4v) is 1.62. The molecule has 9 heteroatoms. The average molecular weight is 317 g/mol. The van der Waals surface area contributed by atoms with Gasteiger partial charge in [0.15, 0.2) is 0 Å². The van der Waals surface area contributed by atoms with Crippen LogP contribution in [0.15, 0.2) is 0 Å². The lowest BCUT2D eigenvalue weighted by Gasteiger charge is -2.16. The monoisotopic (exact) mass is 317 g/mol. The Balaban J connectivity index is 4.13. The summed E-state index contributed by atoms with van der Waals surface area (Å²) in [5, 5.41) is 22.1. The van der Waals surface area contributed by atoms with Crippen molar-refractivity contribution in [3.63, 3.8) is 0 Å². The van der Waals surface area contributed by atoms with Gasteiger partial charge < -0.3 is 26.6 Å². The summed E-state index contributed by atoms with van der Waals surface area (Å²) in [7, 11) is 0. The number of aliphatic carboxylic acids is 2. The van der Waals surface area contributed by atoms with E-state index in [9.17, 15) is 19.2 Å². The molecule has 0 aromatic heterocycles. The minimum absolute atomic E-state index is 0.0477. The minimum Gasteiger partial charge on any atom is -0.480 e. The molecule has 2 unspecified atom stereocenters. The Morgan fingerprint density at radius 3 is 2.09 bits per heavy atom. The Morgan fingerprint density at radius 1 is 1.05 bits per heavy atom. The topological polar surface area (TPSA) is 159 Å². The molecule has 2 atom stereocenters. The zero-order chi connectivity index (χ0) is 17.3. The molecule has 0 saturated heterocycles. The van der Waals surface area contributed by atoms with E-state index in [0.29, 0.717) is 0 Å². The maximum atomic E-state index is 11.6. The third-order valence-electron chi connectivity index (χ3n) is 2.79. The van der Waals surface area contributed by atoms with Crippen LogP contribution in [0.3, 0.4) is 0 Å². The number of nitrogens with two attached hydrogens (primary N) is 1. The first-order valence-electron chi connectivity index (χ1n) is 6.90. The largest absolute Gasteiger partial charge is 0.480 e. The van der Waals surface area contributed by atoms with Gasteiger partial charge in [0, 0.05) is 6.42 Å². The van der Waals surface area contributed by atoms with Gasteiger partial charge in [-0.3, -0.25) is 14.4 Å². The Morgan fingerprint density at radius 2 is 1.64 bits per heavy atom. The minimum atomic E-state index is -1.21. The van der Waals surface area contributed by atoms with Gasteiger partial charge in [-0.1, -0.05) is 13.8 Å². The van der Waals surface area contributed by atoms with Gasteiger partial charge >= 0.3 is 11.9 Å². The first-order chi connectivity index (χ1) is 10.1. The second kappa shape index (κ2) is 9.72. The molecule has 9 nitrogen and oxygen atoms in total. The Hall–Kier alpha value is -2.16. The highest BCUT2D eigenvalue weighted by molar-refractivity contribution is 5.88. The van der Waals surface area contributed by atoms with Crippen molar-refractivity contribution in [3.05, 3.63) is 0 Å². The van der Waals surface area contributed by atoms with Crippen molar-refractivity contribution in [1.82, 2.24) is 10.6 Å². The number of carboxylic acid groups (broad SMARTS) is 2. The predicted molar refractivity (Wildman–Crippen MR) is 76.9 cm³/mol. The summed E-state index contributed by atoms with van der Waals surface area (Å²) in [6.07, 6.45) is 0.103. The molecule has 0 aliphatic rings. The summed E-state index contributed by atoms with van der Waals surface area (Å²) in [6, 6.07) is -2.15. The Bertz CT molecular complexity index is 424. The van der Waals surface area contributed by atoms with Crippen molar-refractivity contribution < 1.29 is 29.4 Å². The zero-order valence-electron chi connectivity index (χ0n) is 12.7. The Labute approximate surface area is 128 Å². The maximum absolute atomic E-state index is 11.6. The lowest BCUT2D eigenvalue weighted by atomic mass is 10.0. The van der Waals surface area contributed by atoms with E-state index in [1.807, 2.05) is 13.8 Å². The van der Waals surface area contributed by atoms with E-state index in [1.54, 1.807) is 0 Å². The molecule has 0 aliphatic heterocycles. The summed E-state index contributed by atoms with van der Waals surface area (Å²) in [6.45, 7) is 3.29. The number of carbonyl (C=O) groups is 4. The van der Waals surface area contributed by atoms with Crippen LogP contribution in [0.4, 0.5) is 0 Å². The molecule has 22 heavy (non-hydrogen) atoms. The van der Waals surface area contributed by atoms with Gasteiger partial charge in [0.05, 0.1) is 6.54 Å². The van der Waals surface area contributed by atoms with Crippen molar-refractivity contribution in [2.45, 2.75) is 45.2 Å². The SMILES string of the molecule is CC(C)CC(NC(=O)CNC(=O)CCC(N)C(=O)O)C(=O)O. The van der Waals surface area contributed by atoms with Gasteiger partial charge in [-0.05, 0) is 18.8 Å². The van der Waals surface area contributed by atoms with E-state index in [2.05, 4.69) is 10.6 Å². The smallest absolute Gasteiger partial charge is 0.326 e. The van der Waals surface area contributed by atoms with Gasteiger partial charge in [-0.25, -0.2) is 4.79 Å². The molecule has 0 bridgehead atoms. The van der Waals surface area contributed by atoms with Crippen LogP contribution in [0.2, 0.25) is 0 Å². The maximum Gasteiger partial charge on any atom is 0.326 e. The predicted octanol–water partition coefficient (Wildman–Crippen LogP) is -1.09. The number of carboxylic acids is 2. The average Bonchev–Trinajstić information content (AvgIpc) is 2.40. The first kappa shape index (κ1) is 19.8. The van der Waals surface area contributed by atoms with E-state index in [0.717, 1.165) is 0 Å². The second-order valence-corrected chi connectivity index (χ2v) is 5.35. The summed E-state index contributed by atoms with van der Waals surface area (Å²) in [4.78, 5) is 44.5. The van der Waals surface area contributed by atoms with Gasteiger partial charge in [0.2, 0.25) is 11.8 Å². The number of amides is 2. The van der Waals surface area contributed by atoms with Crippen molar-refractivity contribution in [1.29, 1.82) is 0 Å². The fraction of sp³-hybridized carbons (Fsp3) is 0.692. The fourth-order valence-electron chi connectivity index (χ4n) is 1.62. The molecule has 6 N–H and O–H groups in total. The van der Waals surface area contributed by atoms with Crippen LogP contribution in [0, 0.1) is 5.92 Å². The summed E-state index contributed by atoms with van der Waals surface area (Å²) in [5.74, 6) is -3.40. The lowest BCUT2D eigenvalue weighted by molar-refractivity contribution is -0.142. The highest BCUT2D eigenvalue weighted by Gasteiger charge is 2.21. The quantitative estimate of drug-likeness (QED) is 0.342. The summed E-state index contributed by atoms with van der Waals surface area (Å²) >= 11 is 0. The number of hydrogen-bond donors (Lipinski definition) is 5. The molecule has 0 aromatic rings. The van der Waals surface area contributed by atoms with Gasteiger partial charge in [-0.15, -0.1) is 0 Å². The third-order valence-corrected chi connectivity index (χ3v) is 2.79. The molecule has 0 radical (unpaired) electrons. The van der Waals surface area contributed by atoms with Crippen molar-refractivity contribution in [2.24, 2.45) is 11.7 Å². The molecule has 0 heterocycles. The van der Waals surface area contributed by atoms with Gasteiger partial charge in [-0.2, -0.15) is 0 Å². The molecule has 0 spiro atoms. The number of nitrogens with one attached hydrogen (secondary N) is 2. The van der Waals surface area contributed by atoms with Crippen molar-refractivity contribution in [2.75, 3.05) is 6.54 Å². The molecule has 126 valence electrons. The van der Waals surface area contributed by atoms with Crippen LogP contribution >= 0.6 is 0 Å². The van der Waals surface area contributed by atoms with E-state index < -0.39 is 35.8 Å². The summed E-state index contributed by atoms with van der Waals surface area (Å²) < 4.78 is 0. The van der Waals surface area contributed by atoms with Gasteiger partial charge in [0.1, 0.15) is 12.1 Å². The molecular formula is C13H23N3O6. The standard InChI is InChI=1S/C13H23N3O6/c1-7(2)5-9(13(21)22)16-11(18)6-15-10(17)4-3-8(14)12(19)20/h7-9H,3-6,14H2,1-2H3,(H,15,17)(H,16,18)(H,19,20)(H,21,22). The van der Waals surface area contributed by atoms with Crippen LogP contribution in [0.25, 0.3) is 0 Å². The number of hydrogen-bond acceptors (Lipinski definition) is 5. The highest BCUT2D eigenvalue weighted by atomic mass is 16.4. The van der Waals surface area contributed by atoms with Crippen LogP contribution in [-0.4, -0.2) is 52.6 Å². The van der Waals surface area contributed by atoms with Crippen LogP contribution < -0.4 is 16.4 Å². The van der Waals surface area contributed by atoms with E-state index in [1.165, 1.54) is 0 Å². The van der Waals surface area contributed by atoms with Crippen LogP contribution in [0.5, 0.6) is 0 Å². The second-order valence-electron chi connectivity index (χ2n) is 5.35. The van der Waals surface area contributed by atoms with E-state index in [-0.39, 0.29) is 31.7 Å². The molecule has 0 fully saturated rings. The van der Waals surface area contributed by atoms with Gasteiger partial charge in [0.25, 0.3) is 0 Å². The van der Waals surface area contributed by atoms with Crippen LogP contribution in [0.1, 0.15) is 33.1 Å². The normalized spacial score (nSPS) is 13.3. The highest BCUT2D eigenvalue weighted by Crippen LogP contribution is 2.04. The lowest BCUT2D eigenvalue weighted by Crippen LogP contribution is -2.46. The molecular weight excluding hydrogens is 294 g/mol. The number of rotatable bonds is 10. The summed E-state index contributed by atoms with van der Waals surface area (Å²) in [5.41, 5.74) is 5.24. The third kappa shape index (κ3) is 8.90. The molecule has 0 aromatic carbocycles. The molecule has 0 aliphatic carbocycles. The molecule has 2 amide bonds. The molecule has 0 saturated carbocycles. The van der Waals surface area contributed by atoms with E-state index in [4.69, 9.17) is 15.9 Å². The first-order valence-corrected chi connectivity index (χ1v) is 6.90. The zero-order valence-corrected chi connectivity index (χ0v) is 12.7. The number of carbonyl (C=O) groups excluding carboxylic acids is 2. The van der Waals surface area contributed by atoms with Crippen molar-refractivity contribution >= 4 is 23.8 Å².